The lowest BCUT2D eigenvalue weighted by Crippen LogP contribution is -2.37. The van der Waals surface area contributed by atoms with Crippen molar-refractivity contribution in [3.63, 3.8) is 0 Å². The lowest BCUT2D eigenvalue weighted by Gasteiger charge is -2.28. The molecule has 0 bridgehead atoms. The van der Waals surface area contributed by atoms with Gasteiger partial charge in [0.25, 0.3) is 0 Å². The summed E-state index contributed by atoms with van der Waals surface area (Å²) in [7, 11) is 1.73. The molecular formula is C11H15N3O3S. The Morgan fingerprint density at radius 3 is 2.83 bits per heavy atom. The summed E-state index contributed by atoms with van der Waals surface area (Å²) in [5.74, 6) is 0.292. The number of aromatic nitrogens is 2. The predicted octanol–water partition coefficient (Wildman–Crippen LogP) is 0.613. The number of nitrogens with zero attached hydrogens (tertiary/aromatic N) is 3. The first kappa shape index (κ1) is 13.0. The van der Waals surface area contributed by atoms with Gasteiger partial charge in [-0.3, -0.25) is 4.79 Å². The third-order valence-electron chi connectivity index (χ3n) is 2.86. The molecule has 18 heavy (non-hydrogen) atoms. The minimum Gasteiger partial charge on any atom is -0.481 e. The molecule has 1 aromatic heterocycles. The van der Waals surface area contributed by atoms with Gasteiger partial charge in [0.2, 0.25) is 0 Å². The van der Waals surface area contributed by atoms with Gasteiger partial charge >= 0.3 is 5.97 Å². The van der Waals surface area contributed by atoms with Crippen LogP contribution in [-0.2, 0) is 23.0 Å². The van der Waals surface area contributed by atoms with Crippen LogP contribution < -0.4 is 4.90 Å². The summed E-state index contributed by atoms with van der Waals surface area (Å²) in [5.41, 5.74) is 0. The van der Waals surface area contributed by atoms with Crippen molar-refractivity contribution in [3.8, 4) is 0 Å². The van der Waals surface area contributed by atoms with Gasteiger partial charge in [-0.25, -0.2) is 4.98 Å². The van der Waals surface area contributed by atoms with Gasteiger partial charge in [0.05, 0.1) is 13.2 Å². The topological polar surface area (TPSA) is 67.6 Å². The number of carboxylic acid groups (broad SMARTS) is 1. The van der Waals surface area contributed by atoms with Crippen LogP contribution in [0.3, 0.4) is 0 Å². The Morgan fingerprint density at radius 2 is 2.22 bits per heavy atom. The third-order valence-corrected chi connectivity index (χ3v) is 3.25. The lowest BCUT2D eigenvalue weighted by molar-refractivity contribution is -0.136. The van der Waals surface area contributed by atoms with Crippen molar-refractivity contribution in [2.45, 2.75) is 6.42 Å². The van der Waals surface area contributed by atoms with Crippen molar-refractivity contribution in [2.24, 2.45) is 7.05 Å². The van der Waals surface area contributed by atoms with Crippen molar-refractivity contribution >= 4 is 24.0 Å². The Labute approximate surface area is 110 Å². The molecule has 7 heteroatoms. The first-order chi connectivity index (χ1) is 8.58. The highest BCUT2D eigenvalue weighted by Gasteiger charge is 2.15. The molecule has 1 aliphatic rings. The quantitative estimate of drug-likeness (QED) is 0.811. The van der Waals surface area contributed by atoms with Crippen molar-refractivity contribution in [3.05, 3.63) is 16.5 Å². The average molecular weight is 269 g/mol. The fraction of sp³-hybridized carbons (Fsp3) is 0.545. The molecule has 0 unspecified atom stereocenters. The first-order valence-corrected chi connectivity index (χ1v) is 6.10. The highest BCUT2D eigenvalue weighted by molar-refractivity contribution is 7.71. The number of rotatable bonds is 3. The van der Waals surface area contributed by atoms with Gasteiger partial charge in [-0.2, -0.15) is 0 Å². The fourth-order valence-electron chi connectivity index (χ4n) is 1.82. The molecule has 1 aromatic rings. The maximum absolute atomic E-state index is 10.8. The minimum atomic E-state index is -0.911. The van der Waals surface area contributed by atoms with Gasteiger partial charge in [-0.1, -0.05) is 12.2 Å². The molecule has 0 aromatic carbocycles. The summed E-state index contributed by atoms with van der Waals surface area (Å²) in [6, 6.07) is 1.80. The molecule has 98 valence electrons. The number of hydrogen-bond donors (Lipinski definition) is 1. The third kappa shape index (κ3) is 2.85. The van der Waals surface area contributed by atoms with E-state index in [4.69, 9.17) is 22.1 Å². The largest absolute Gasteiger partial charge is 0.481 e. The molecule has 2 heterocycles. The summed E-state index contributed by atoms with van der Waals surface area (Å²) < 4.78 is 7.49. The average Bonchev–Trinajstić information content (AvgIpc) is 2.35. The van der Waals surface area contributed by atoms with E-state index in [2.05, 4.69) is 9.88 Å². The van der Waals surface area contributed by atoms with E-state index in [9.17, 15) is 4.79 Å². The Balaban J connectivity index is 2.33. The van der Waals surface area contributed by atoms with Crippen LogP contribution in [0.1, 0.15) is 5.82 Å². The first-order valence-electron chi connectivity index (χ1n) is 5.69. The molecule has 2 rings (SSSR count). The molecule has 0 saturated carbocycles. The highest BCUT2D eigenvalue weighted by Crippen LogP contribution is 2.14. The second-order valence-corrected chi connectivity index (χ2v) is 4.52. The molecule has 1 N–H and O–H groups in total. The molecule has 0 aliphatic carbocycles. The number of ether oxygens (including phenoxy) is 1. The monoisotopic (exact) mass is 269 g/mol. The molecular weight excluding hydrogens is 254 g/mol. The Bertz CT molecular complexity index is 509. The van der Waals surface area contributed by atoms with Crippen LogP contribution in [0.15, 0.2) is 6.07 Å². The molecule has 6 nitrogen and oxygen atoms in total. The molecule has 0 radical (unpaired) electrons. The van der Waals surface area contributed by atoms with Crippen LogP contribution >= 0.6 is 12.2 Å². The minimum absolute atomic E-state index is 0.127. The zero-order valence-corrected chi connectivity index (χ0v) is 10.9. The number of carbonyl (C=O) groups is 1. The number of morpholine rings is 1. The van der Waals surface area contributed by atoms with E-state index in [1.165, 1.54) is 0 Å². The summed E-state index contributed by atoms with van der Waals surface area (Å²) >= 11 is 5.22. The van der Waals surface area contributed by atoms with E-state index in [1.54, 1.807) is 17.7 Å². The van der Waals surface area contributed by atoms with Gasteiger partial charge in [-0.15, -0.1) is 0 Å². The number of anilines is 1. The molecule has 0 atom stereocenters. The van der Waals surface area contributed by atoms with Crippen molar-refractivity contribution in [1.82, 2.24) is 9.55 Å². The number of carboxylic acids is 1. The second kappa shape index (κ2) is 5.45. The van der Waals surface area contributed by atoms with E-state index >= 15 is 0 Å². The fourth-order valence-corrected chi connectivity index (χ4v) is 2.03. The van der Waals surface area contributed by atoms with Gasteiger partial charge in [0.15, 0.2) is 0 Å². The van der Waals surface area contributed by atoms with Gasteiger partial charge < -0.3 is 19.3 Å². The molecule has 1 aliphatic heterocycles. The maximum atomic E-state index is 10.8. The predicted molar refractivity (Wildman–Crippen MR) is 68.4 cm³/mol. The Morgan fingerprint density at radius 1 is 1.56 bits per heavy atom. The summed E-state index contributed by atoms with van der Waals surface area (Å²) in [5, 5.41) is 8.86. The summed E-state index contributed by atoms with van der Waals surface area (Å²) in [6.07, 6.45) is -0.127. The van der Waals surface area contributed by atoms with Crippen molar-refractivity contribution in [1.29, 1.82) is 0 Å². The smallest absolute Gasteiger partial charge is 0.311 e. The van der Waals surface area contributed by atoms with Crippen molar-refractivity contribution < 1.29 is 14.6 Å². The van der Waals surface area contributed by atoms with Gasteiger partial charge in [0, 0.05) is 26.2 Å². The molecule has 0 amide bonds. The van der Waals surface area contributed by atoms with Crippen LogP contribution in [-0.4, -0.2) is 46.9 Å². The van der Waals surface area contributed by atoms with E-state index < -0.39 is 5.97 Å². The van der Waals surface area contributed by atoms with E-state index in [1.807, 2.05) is 0 Å². The number of aliphatic carboxylic acids is 1. The zero-order chi connectivity index (χ0) is 13.1. The zero-order valence-electron chi connectivity index (χ0n) is 10.1. The van der Waals surface area contributed by atoms with Crippen LogP contribution in [0.4, 0.5) is 5.82 Å². The maximum Gasteiger partial charge on any atom is 0.311 e. The van der Waals surface area contributed by atoms with Crippen LogP contribution in [0.5, 0.6) is 0 Å². The normalized spacial score (nSPS) is 15.7. The van der Waals surface area contributed by atoms with E-state index in [0.717, 1.165) is 18.9 Å². The van der Waals surface area contributed by atoms with Crippen LogP contribution in [0, 0.1) is 4.64 Å². The SMILES string of the molecule is Cn1c(CC(=O)O)nc(N2CCOCC2)cc1=S. The Hall–Kier alpha value is -1.47. The Kier molecular flexibility index (Phi) is 3.93. The van der Waals surface area contributed by atoms with E-state index in [0.29, 0.717) is 23.7 Å². The van der Waals surface area contributed by atoms with E-state index in [-0.39, 0.29) is 6.42 Å². The van der Waals surface area contributed by atoms with Crippen LogP contribution in [0.25, 0.3) is 0 Å². The molecule has 0 spiro atoms. The molecule has 1 saturated heterocycles. The van der Waals surface area contributed by atoms with Crippen LogP contribution in [0.2, 0.25) is 0 Å². The van der Waals surface area contributed by atoms with Gasteiger partial charge in [-0.05, 0) is 0 Å². The summed E-state index contributed by atoms with van der Waals surface area (Å²) in [4.78, 5) is 17.2. The van der Waals surface area contributed by atoms with Gasteiger partial charge in [0.1, 0.15) is 22.7 Å². The lowest BCUT2D eigenvalue weighted by atomic mass is 10.3. The summed E-state index contributed by atoms with van der Waals surface area (Å²) in [6.45, 7) is 2.82. The van der Waals surface area contributed by atoms with Crippen molar-refractivity contribution in [2.75, 3.05) is 31.2 Å². The molecule has 1 fully saturated rings. The highest BCUT2D eigenvalue weighted by atomic mass is 32.1. The number of hydrogen-bond acceptors (Lipinski definition) is 5. The standard InChI is InChI=1S/C11H15N3O3S/c1-13-8(7-11(15)16)12-9(6-10(13)18)14-2-4-17-5-3-14/h6H,2-5,7H2,1H3,(H,15,16). The second-order valence-electron chi connectivity index (χ2n) is 4.10.